The van der Waals surface area contributed by atoms with Crippen molar-refractivity contribution >= 4 is 11.9 Å². The van der Waals surface area contributed by atoms with Crippen LogP contribution >= 0.6 is 0 Å². The van der Waals surface area contributed by atoms with Crippen LogP contribution in [0.15, 0.2) is 0 Å². The van der Waals surface area contributed by atoms with E-state index in [2.05, 4.69) is 34.6 Å². The first-order valence-corrected chi connectivity index (χ1v) is 15.3. The van der Waals surface area contributed by atoms with Crippen LogP contribution < -0.4 is 0 Å². The Balaban J connectivity index is 0.000000220. The van der Waals surface area contributed by atoms with Gasteiger partial charge in [0.15, 0.2) is 0 Å². The molecule has 6 heteroatoms. The lowest BCUT2D eigenvalue weighted by Gasteiger charge is -2.30. The van der Waals surface area contributed by atoms with Crippen molar-refractivity contribution in [3.63, 3.8) is 0 Å². The number of unbranched alkanes of at least 4 members (excludes halogenated alkanes) is 1. The molecular formula is C31H54O6. The molecule has 10 unspecified atom stereocenters. The topological polar surface area (TPSA) is 71.1 Å². The fourth-order valence-electron chi connectivity index (χ4n) is 7.61. The molecule has 37 heavy (non-hydrogen) atoms. The van der Waals surface area contributed by atoms with Crippen LogP contribution in [0.1, 0.15) is 86.5 Å². The monoisotopic (exact) mass is 522 g/mol. The van der Waals surface area contributed by atoms with Crippen molar-refractivity contribution in [1.29, 1.82) is 0 Å². The number of ether oxygens (including phenoxy) is 4. The minimum absolute atomic E-state index is 0.00551. The molecule has 4 aliphatic rings. The van der Waals surface area contributed by atoms with Crippen LogP contribution in [-0.2, 0) is 28.5 Å². The standard InChI is InChI=1S/C18H32O4.C13H22O2/c1-4-5-6-20-7-8-21-9-10-22-18(19)17-12-15-11-16(17)14(3)13(15)2;1-4-5-15-13(14)12-7-10-6-11(12)9(3)8(10)2/h13-17H,4-12H2,1-3H3;8-12H,4-7H2,1-3H3. The van der Waals surface area contributed by atoms with E-state index in [1.165, 1.54) is 12.8 Å². The quantitative estimate of drug-likeness (QED) is 0.213. The Labute approximate surface area is 225 Å². The van der Waals surface area contributed by atoms with E-state index >= 15 is 0 Å². The summed E-state index contributed by atoms with van der Waals surface area (Å²) in [5.41, 5.74) is 0. The zero-order chi connectivity index (χ0) is 26.9. The lowest BCUT2D eigenvalue weighted by atomic mass is 9.76. The predicted octanol–water partition coefficient (Wildman–Crippen LogP) is 6.16. The summed E-state index contributed by atoms with van der Waals surface area (Å²) in [5, 5.41) is 0. The van der Waals surface area contributed by atoms with Gasteiger partial charge in [-0.05, 0) is 85.9 Å². The second-order valence-corrected chi connectivity index (χ2v) is 12.4. The molecule has 4 saturated carbocycles. The number of hydrogen-bond donors (Lipinski definition) is 0. The molecule has 0 N–H and O–H groups in total. The van der Waals surface area contributed by atoms with Crippen molar-refractivity contribution in [2.45, 2.75) is 86.5 Å². The minimum atomic E-state index is -0.00551. The normalized spacial score (nSPS) is 37.4. The van der Waals surface area contributed by atoms with Gasteiger partial charge in [-0.25, -0.2) is 0 Å². The van der Waals surface area contributed by atoms with Gasteiger partial charge in [0.2, 0.25) is 0 Å². The predicted molar refractivity (Wildman–Crippen MR) is 145 cm³/mol. The van der Waals surface area contributed by atoms with E-state index in [4.69, 9.17) is 18.9 Å². The Morgan fingerprint density at radius 1 is 0.568 bits per heavy atom. The molecule has 0 aromatic heterocycles. The van der Waals surface area contributed by atoms with E-state index < -0.39 is 0 Å². The number of hydrogen-bond acceptors (Lipinski definition) is 6. The lowest BCUT2D eigenvalue weighted by molar-refractivity contribution is -0.153. The molecule has 0 amide bonds. The van der Waals surface area contributed by atoms with E-state index in [0.29, 0.717) is 56.7 Å². The molecule has 0 radical (unpaired) electrons. The summed E-state index contributed by atoms with van der Waals surface area (Å²) in [5.74, 6) is 6.03. The molecule has 4 aliphatic carbocycles. The first-order valence-electron chi connectivity index (χ1n) is 15.3. The number of carbonyl (C=O) groups excluding carboxylic acids is 2. The van der Waals surface area contributed by atoms with Gasteiger partial charge in [0, 0.05) is 6.61 Å². The third kappa shape index (κ3) is 7.71. The highest BCUT2D eigenvalue weighted by Gasteiger charge is 2.52. The third-order valence-electron chi connectivity index (χ3n) is 10.3. The van der Waals surface area contributed by atoms with Gasteiger partial charge in [-0.1, -0.05) is 48.0 Å². The van der Waals surface area contributed by atoms with E-state index in [1.807, 2.05) is 6.92 Å². The molecular weight excluding hydrogens is 468 g/mol. The smallest absolute Gasteiger partial charge is 0.309 e. The van der Waals surface area contributed by atoms with E-state index in [-0.39, 0.29) is 23.8 Å². The summed E-state index contributed by atoms with van der Waals surface area (Å²) < 4.78 is 21.5. The Kier molecular flexibility index (Phi) is 12.2. The summed E-state index contributed by atoms with van der Waals surface area (Å²) in [7, 11) is 0. The molecule has 4 fully saturated rings. The molecule has 4 bridgehead atoms. The SMILES string of the molecule is CCCCOCCOCCOC(=O)C1CC2CC1C(C)C2C.CCCOC(=O)C1CC2CC1C(C)C2C. The molecule has 10 atom stereocenters. The van der Waals surface area contributed by atoms with Crippen LogP contribution in [-0.4, -0.2) is 51.6 Å². The third-order valence-corrected chi connectivity index (χ3v) is 10.3. The van der Waals surface area contributed by atoms with Crippen LogP contribution in [0, 0.1) is 59.2 Å². The van der Waals surface area contributed by atoms with Gasteiger partial charge >= 0.3 is 11.9 Å². The average Bonchev–Trinajstić information content (AvgIpc) is 3.65. The van der Waals surface area contributed by atoms with Crippen LogP contribution in [0.25, 0.3) is 0 Å². The van der Waals surface area contributed by atoms with Crippen molar-refractivity contribution in [2.24, 2.45) is 59.2 Å². The summed E-state index contributed by atoms with van der Waals surface area (Å²) in [4.78, 5) is 24.0. The molecule has 6 nitrogen and oxygen atoms in total. The molecule has 0 spiro atoms. The zero-order valence-electron chi connectivity index (χ0n) is 24.4. The Hall–Kier alpha value is -1.14. The fraction of sp³-hybridized carbons (Fsp3) is 0.935. The number of carbonyl (C=O) groups is 2. The second kappa shape index (κ2) is 14.9. The second-order valence-electron chi connectivity index (χ2n) is 12.4. The van der Waals surface area contributed by atoms with Gasteiger partial charge in [0.05, 0.1) is 38.3 Å². The van der Waals surface area contributed by atoms with Gasteiger partial charge in [0.25, 0.3) is 0 Å². The molecule has 0 aromatic rings. The summed E-state index contributed by atoms with van der Waals surface area (Å²) in [6.07, 6.45) is 7.76. The van der Waals surface area contributed by atoms with Gasteiger partial charge in [-0.3, -0.25) is 9.59 Å². The van der Waals surface area contributed by atoms with Crippen molar-refractivity contribution in [3.05, 3.63) is 0 Å². The van der Waals surface area contributed by atoms with E-state index in [9.17, 15) is 9.59 Å². The van der Waals surface area contributed by atoms with Crippen LogP contribution in [0.5, 0.6) is 0 Å². The first-order chi connectivity index (χ1) is 17.8. The highest BCUT2D eigenvalue weighted by atomic mass is 16.6. The maximum atomic E-state index is 12.2. The summed E-state index contributed by atoms with van der Waals surface area (Å²) in [6.45, 7) is 16.9. The Morgan fingerprint density at radius 3 is 1.46 bits per heavy atom. The van der Waals surface area contributed by atoms with Crippen LogP contribution in [0.2, 0.25) is 0 Å². The fourth-order valence-corrected chi connectivity index (χ4v) is 7.61. The molecule has 214 valence electrons. The van der Waals surface area contributed by atoms with Crippen molar-refractivity contribution in [2.75, 3.05) is 39.6 Å². The van der Waals surface area contributed by atoms with E-state index in [0.717, 1.165) is 62.4 Å². The first kappa shape index (κ1) is 30.4. The zero-order valence-corrected chi connectivity index (χ0v) is 24.4. The van der Waals surface area contributed by atoms with Crippen molar-refractivity contribution in [3.8, 4) is 0 Å². The van der Waals surface area contributed by atoms with Gasteiger partial charge in [0.1, 0.15) is 6.61 Å². The van der Waals surface area contributed by atoms with E-state index in [1.54, 1.807) is 0 Å². The number of fused-ring (bicyclic) bond motifs is 4. The molecule has 0 aromatic carbocycles. The van der Waals surface area contributed by atoms with Gasteiger partial charge in [-0.2, -0.15) is 0 Å². The Bertz CT molecular complexity index is 706. The largest absolute Gasteiger partial charge is 0.465 e. The molecule has 0 heterocycles. The highest BCUT2D eigenvalue weighted by Crippen LogP contribution is 2.56. The molecule has 0 aliphatic heterocycles. The summed E-state index contributed by atoms with van der Waals surface area (Å²) >= 11 is 0. The summed E-state index contributed by atoms with van der Waals surface area (Å²) in [6, 6.07) is 0. The van der Waals surface area contributed by atoms with Crippen LogP contribution in [0.4, 0.5) is 0 Å². The Morgan fingerprint density at radius 2 is 1.03 bits per heavy atom. The van der Waals surface area contributed by atoms with Crippen molar-refractivity contribution < 1.29 is 28.5 Å². The minimum Gasteiger partial charge on any atom is -0.465 e. The highest BCUT2D eigenvalue weighted by molar-refractivity contribution is 5.74. The van der Waals surface area contributed by atoms with Crippen molar-refractivity contribution in [1.82, 2.24) is 0 Å². The maximum absolute atomic E-state index is 12.2. The van der Waals surface area contributed by atoms with Crippen LogP contribution in [0.3, 0.4) is 0 Å². The van der Waals surface area contributed by atoms with Gasteiger partial charge in [-0.15, -0.1) is 0 Å². The lowest BCUT2D eigenvalue weighted by Crippen LogP contribution is -2.31. The molecule has 0 saturated heterocycles. The van der Waals surface area contributed by atoms with Gasteiger partial charge < -0.3 is 18.9 Å². The maximum Gasteiger partial charge on any atom is 0.309 e. The number of rotatable bonds is 13. The number of esters is 2. The molecule has 4 rings (SSSR count). The average molecular weight is 523 g/mol.